The minimum Gasteiger partial charge on any atom is -0.310 e. The van der Waals surface area contributed by atoms with Gasteiger partial charge >= 0.3 is 0 Å². The monoisotopic (exact) mass is 566 g/mol. The van der Waals surface area contributed by atoms with Crippen LogP contribution in [0.4, 0.5) is 0 Å². The Bertz CT molecular complexity index is 2040. The van der Waals surface area contributed by atoms with E-state index in [2.05, 4.69) is 89.5 Å². The molecule has 6 aromatic rings. The number of aromatic nitrogens is 4. The zero-order valence-corrected chi connectivity index (χ0v) is 24.4. The van der Waals surface area contributed by atoms with E-state index in [4.69, 9.17) is 15.0 Å². The van der Waals surface area contributed by atoms with E-state index in [1.807, 2.05) is 36.4 Å². The average molecular weight is 567 g/mol. The highest BCUT2D eigenvalue weighted by Gasteiger charge is 2.25. The highest BCUT2D eigenvalue weighted by atomic mass is 15.0. The van der Waals surface area contributed by atoms with Crippen LogP contribution in [0.25, 0.3) is 63.1 Å². The Morgan fingerprint density at radius 3 is 1.61 bits per heavy atom. The Morgan fingerprint density at radius 2 is 1.02 bits per heavy atom. The second kappa shape index (κ2) is 10.1. The molecular formula is C40H30N4. The molecule has 9 rings (SSSR count). The first-order valence-corrected chi connectivity index (χ1v) is 15.5. The first-order valence-electron chi connectivity index (χ1n) is 15.5. The lowest BCUT2D eigenvalue weighted by Crippen LogP contribution is -2.03. The van der Waals surface area contributed by atoms with Crippen molar-refractivity contribution in [1.29, 1.82) is 0 Å². The number of fused-ring (bicyclic) bond motifs is 6. The zero-order valence-electron chi connectivity index (χ0n) is 24.4. The van der Waals surface area contributed by atoms with Gasteiger partial charge in [0.25, 0.3) is 0 Å². The summed E-state index contributed by atoms with van der Waals surface area (Å²) < 4.78 is 2.49. The van der Waals surface area contributed by atoms with Gasteiger partial charge in [0.15, 0.2) is 17.5 Å². The minimum atomic E-state index is 0.685. The third kappa shape index (κ3) is 4.10. The largest absolute Gasteiger partial charge is 0.310 e. The third-order valence-electron chi connectivity index (χ3n) is 9.22. The molecule has 0 bridgehead atoms. The molecule has 3 aliphatic carbocycles. The van der Waals surface area contributed by atoms with E-state index >= 15 is 0 Å². The smallest absolute Gasteiger partial charge is 0.164 e. The van der Waals surface area contributed by atoms with Crippen LogP contribution in [0.15, 0.2) is 109 Å². The quantitative estimate of drug-likeness (QED) is 0.213. The molecule has 0 amide bonds. The second-order valence-electron chi connectivity index (χ2n) is 11.9. The van der Waals surface area contributed by atoms with E-state index in [-0.39, 0.29) is 0 Å². The van der Waals surface area contributed by atoms with Crippen molar-refractivity contribution in [2.45, 2.75) is 32.1 Å². The Morgan fingerprint density at radius 1 is 0.500 bits per heavy atom. The van der Waals surface area contributed by atoms with Crippen LogP contribution in [0, 0.1) is 0 Å². The maximum Gasteiger partial charge on any atom is 0.164 e. The Balaban J connectivity index is 1.11. The summed E-state index contributed by atoms with van der Waals surface area (Å²) in [6, 6.07) is 34.0. The van der Waals surface area contributed by atoms with E-state index < -0.39 is 0 Å². The van der Waals surface area contributed by atoms with Crippen LogP contribution in [0.1, 0.15) is 46.5 Å². The highest BCUT2D eigenvalue weighted by molar-refractivity contribution is 5.81. The first-order chi connectivity index (χ1) is 21.8. The molecule has 0 spiro atoms. The second-order valence-corrected chi connectivity index (χ2v) is 11.9. The fraction of sp³-hybridized carbons (Fsp3) is 0.125. The summed E-state index contributed by atoms with van der Waals surface area (Å²) in [5.74, 6) is 2.06. The first kappa shape index (κ1) is 25.2. The van der Waals surface area contributed by atoms with Crippen molar-refractivity contribution < 1.29 is 0 Å². The fourth-order valence-corrected chi connectivity index (χ4v) is 7.15. The van der Waals surface area contributed by atoms with Gasteiger partial charge in [0, 0.05) is 33.8 Å². The van der Waals surface area contributed by atoms with Gasteiger partial charge in [-0.3, -0.25) is 0 Å². The van der Waals surface area contributed by atoms with Crippen LogP contribution in [-0.2, 0) is 19.3 Å². The standard InChI is InChI=1S/C40H30N4/c1-3-11-26(12-4-1)38-41-39(27-13-5-2-6-14-27)43-40(42-38)28-19-21-32-29(23-28)24-30-25-31(20-22-33(30)32)44-36-17-9-7-15-34(36)35-16-8-10-18-37(35)44/h1-6,9-14,17-23,25H,7-8,15-16,24H2. The van der Waals surface area contributed by atoms with Gasteiger partial charge in [-0.1, -0.05) is 91.0 Å². The Kier molecular flexibility index (Phi) is 5.80. The molecule has 4 heteroatoms. The summed E-state index contributed by atoms with van der Waals surface area (Å²) >= 11 is 0. The van der Waals surface area contributed by atoms with Crippen molar-refractivity contribution in [3.63, 3.8) is 0 Å². The molecule has 0 atom stereocenters. The maximum absolute atomic E-state index is 4.97. The molecule has 2 heterocycles. The van der Waals surface area contributed by atoms with E-state index in [0.717, 1.165) is 48.8 Å². The van der Waals surface area contributed by atoms with E-state index in [9.17, 15) is 0 Å². The fourth-order valence-electron chi connectivity index (χ4n) is 7.15. The molecule has 0 aliphatic heterocycles. The van der Waals surface area contributed by atoms with Gasteiger partial charge in [-0.2, -0.15) is 0 Å². The predicted molar refractivity (Wildman–Crippen MR) is 178 cm³/mol. The average Bonchev–Trinajstić information content (AvgIpc) is 3.63. The summed E-state index contributed by atoms with van der Waals surface area (Å²) in [7, 11) is 0. The molecule has 0 N–H and O–H groups in total. The maximum atomic E-state index is 4.97. The summed E-state index contributed by atoms with van der Waals surface area (Å²) in [5, 5.41) is 0. The summed E-state index contributed by atoms with van der Waals surface area (Å²) in [6.07, 6.45) is 14.8. The molecule has 0 saturated heterocycles. The van der Waals surface area contributed by atoms with Gasteiger partial charge < -0.3 is 4.57 Å². The lowest BCUT2D eigenvalue weighted by atomic mass is 9.94. The van der Waals surface area contributed by atoms with Crippen molar-refractivity contribution in [1.82, 2.24) is 19.5 Å². The molecule has 0 fully saturated rings. The normalized spacial score (nSPS) is 14.2. The van der Waals surface area contributed by atoms with Gasteiger partial charge in [0.2, 0.25) is 0 Å². The van der Waals surface area contributed by atoms with Gasteiger partial charge in [0.05, 0.1) is 0 Å². The van der Waals surface area contributed by atoms with Crippen molar-refractivity contribution >= 4 is 12.2 Å². The van der Waals surface area contributed by atoms with Gasteiger partial charge in [-0.25, -0.2) is 15.0 Å². The van der Waals surface area contributed by atoms with Gasteiger partial charge in [-0.15, -0.1) is 0 Å². The molecule has 4 aromatic carbocycles. The van der Waals surface area contributed by atoms with Crippen LogP contribution in [0.5, 0.6) is 0 Å². The number of hydrogen-bond acceptors (Lipinski definition) is 3. The topological polar surface area (TPSA) is 43.6 Å². The molecule has 0 saturated carbocycles. The highest BCUT2D eigenvalue weighted by Crippen LogP contribution is 2.41. The third-order valence-corrected chi connectivity index (χ3v) is 9.22. The van der Waals surface area contributed by atoms with Gasteiger partial charge in [0.1, 0.15) is 0 Å². The summed E-state index contributed by atoms with van der Waals surface area (Å²) in [6.45, 7) is 0. The van der Waals surface area contributed by atoms with Crippen LogP contribution in [0.3, 0.4) is 0 Å². The van der Waals surface area contributed by atoms with Crippen molar-refractivity contribution in [3.8, 4) is 51.0 Å². The van der Waals surface area contributed by atoms with Crippen LogP contribution in [-0.4, -0.2) is 19.5 Å². The lowest BCUT2D eigenvalue weighted by Gasteiger charge is -2.15. The van der Waals surface area contributed by atoms with Gasteiger partial charge in [-0.05, 0) is 95.8 Å². The minimum absolute atomic E-state index is 0.685. The molecule has 0 radical (unpaired) electrons. The van der Waals surface area contributed by atoms with Crippen LogP contribution >= 0.6 is 0 Å². The molecule has 210 valence electrons. The predicted octanol–water partition coefficient (Wildman–Crippen LogP) is 9.15. The number of hydrogen-bond donors (Lipinski definition) is 0. The summed E-state index contributed by atoms with van der Waals surface area (Å²) in [5.41, 5.74) is 15.3. The van der Waals surface area contributed by atoms with E-state index in [0.29, 0.717) is 17.5 Å². The van der Waals surface area contributed by atoms with E-state index in [1.54, 1.807) is 11.1 Å². The molecule has 3 aliphatic rings. The van der Waals surface area contributed by atoms with E-state index in [1.165, 1.54) is 39.3 Å². The summed E-state index contributed by atoms with van der Waals surface area (Å²) in [4.78, 5) is 14.8. The number of rotatable bonds is 4. The van der Waals surface area contributed by atoms with Crippen molar-refractivity contribution in [3.05, 3.63) is 143 Å². The molecular weight excluding hydrogens is 536 g/mol. The number of allylic oxidation sites excluding steroid dienone is 2. The molecule has 0 unspecified atom stereocenters. The SMILES string of the molecule is C1=Cc2c(c3c(n2-c2ccc4c(c2)Cc2cc(-c5nc(-c6ccccc6)nc(-c6ccccc6)n5)ccc2-4)C=CCC3)CC1. The van der Waals surface area contributed by atoms with Crippen molar-refractivity contribution in [2.24, 2.45) is 0 Å². The Labute approximate surface area is 257 Å². The van der Waals surface area contributed by atoms with Crippen LogP contribution in [0.2, 0.25) is 0 Å². The van der Waals surface area contributed by atoms with Crippen LogP contribution < -0.4 is 0 Å². The van der Waals surface area contributed by atoms with Crippen molar-refractivity contribution in [2.75, 3.05) is 0 Å². The molecule has 44 heavy (non-hydrogen) atoms. The molecule has 4 nitrogen and oxygen atoms in total. The number of benzene rings is 4. The molecule has 2 aromatic heterocycles. The zero-order chi connectivity index (χ0) is 29.0. The lowest BCUT2D eigenvalue weighted by molar-refractivity contribution is 0.922. The number of nitrogens with zero attached hydrogens (tertiary/aromatic N) is 4. The Hall–Kier alpha value is -5.35.